The van der Waals surface area contributed by atoms with E-state index in [2.05, 4.69) is 217 Å². The van der Waals surface area contributed by atoms with E-state index in [1.54, 1.807) is 0 Å². The summed E-state index contributed by atoms with van der Waals surface area (Å²) in [5, 5.41) is 9.46. The van der Waals surface area contributed by atoms with Gasteiger partial charge in [-0.05, 0) is 104 Å². The number of hydrogen-bond acceptors (Lipinski definition) is 2. The first-order chi connectivity index (χ1) is 27.7. The van der Waals surface area contributed by atoms with Crippen LogP contribution in [0.15, 0.2) is 217 Å². The number of rotatable bonds is 6. The minimum absolute atomic E-state index is 0.892. The quantitative estimate of drug-likeness (QED) is 0.171. The van der Waals surface area contributed by atoms with Gasteiger partial charge in [0.2, 0.25) is 0 Å². The molecule has 262 valence electrons. The van der Waals surface area contributed by atoms with Crippen LogP contribution in [0.3, 0.4) is 0 Å². The highest BCUT2D eigenvalue weighted by Crippen LogP contribution is 2.45. The van der Waals surface area contributed by atoms with E-state index in [1.165, 1.54) is 49.2 Å². The molecule has 11 rings (SSSR count). The van der Waals surface area contributed by atoms with Crippen LogP contribution >= 0.6 is 0 Å². The molecule has 1 heterocycles. The summed E-state index contributed by atoms with van der Waals surface area (Å²) < 4.78 is 6.51. The van der Waals surface area contributed by atoms with Gasteiger partial charge in [-0.3, -0.25) is 0 Å². The molecular formula is C54H35NO. The van der Waals surface area contributed by atoms with E-state index in [-0.39, 0.29) is 0 Å². The van der Waals surface area contributed by atoms with Gasteiger partial charge in [-0.15, -0.1) is 0 Å². The Morgan fingerprint density at radius 2 is 0.893 bits per heavy atom. The van der Waals surface area contributed by atoms with Crippen LogP contribution in [0, 0.1) is 0 Å². The van der Waals surface area contributed by atoms with E-state index in [0.717, 1.165) is 55.5 Å². The van der Waals surface area contributed by atoms with Crippen molar-refractivity contribution in [3.8, 4) is 33.4 Å². The van der Waals surface area contributed by atoms with Crippen LogP contribution < -0.4 is 4.90 Å². The highest BCUT2D eigenvalue weighted by Gasteiger charge is 2.20. The molecule has 0 aliphatic heterocycles. The van der Waals surface area contributed by atoms with Gasteiger partial charge >= 0.3 is 0 Å². The third-order valence-corrected chi connectivity index (χ3v) is 11.2. The SMILES string of the molecule is c1cc(-c2ccc(N(c3ccccc3-c3ccc4oc5c6ccccc6ccc5c4c3)c3cccc4ccccc34)cc2)cc(-c2ccc3ccccc3c2)c1. The summed E-state index contributed by atoms with van der Waals surface area (Å²) in [5.74, 6) is 0. The molecule has 0 atom stereocenters. The molecule has 10 aromatic carbocycles. The van der Waals surface area contributed by atoms with E-state index >= 15 is 0 Å². The highest BCUT2D eigenvalue weighted by molar-refractivity contribution is 6.16. The molecule has 0 saturated heterocycles. The summed E-state index contributed by atoms with van der Waals surface area (Å²) in [4.78, 5) is 2.41. The lowest BCUT2D eigenvalue weighted by Crippen LogP contribution is -2.11. The van der Waals surface area contributed by atoms with Gasteiger partial charge < -0.3 is 9.32 Å². The lowest BCUT2D eigenvalue weighted by Gasteiger charge is -2.29. The largest absolute Gasteiger partial charge is 0.455 e. The molecule has 0 aliphatic rings. The number of benzene rings is 10. The summed E-state index contributed by atoms with van der Waals surface area (Å²) in [7, 11) is 0. The van der Waals surface area contributed by atoms with Crippen molar-refractivity contribution in [1.82, 2.24) is 0 Å². The number of hydrogen-bond donors (Lipinski definition) is 0. The fraction of sp³-hybridized carbons (Fsp3) is 0. The molecular weight excluding hydrogens is 679 g/mol. The van der Waals surface area contributed by atoms with Crippen molar-refractivity contribution in [2.24, 2.45) is 0 Å². The highest BCUT2D eigenvalue weighted by atomic mass is 16.3. The van der Waals surface area contributed by atoms with Gasteiger partial charge in [0.05, 0.1) is 11.4 Å². The molecule has 2 heteroatoms. The van der Waals surface area contributed by atoms with Crippen LogP contribution in [0.4, 0.5) is 17.1 Å². The third kappa shape index (κ3) is 5.42. The van der Waals surface area contributed by atoms with Crippen LogP contribution in [0.5, 0.6) is 0 Å². The molecule has 1 aromatic heterocycles. The van der Waals surface area contributed by atoms with Crippen LogP contribution in [0.1, 0.15) is 0 Å². The van der Waals surface area contributed by atoms with Crippen LogP contribution in [-0.4, -0.2) is 0 Å². The smallest absolute Gasteiger partial charge is 0.143 e. The second-order valence-electron chi connectivity index (χ2n) is 14.5. The number of fused-ring (bicyclic) bond motifs is 7. The normalized spacial score (nSPS) is 11.6. The minimum Gasteiger partial charge on any atom is -0.455 e. The summed E-state index contributed by atoms with van der Waals surface area (Å²) in [6, 6.07) is 76.6. The summed E-state index contributed by atoms with van der Waals surface area (Å²) in [5.41, 5.74) is 12.2. The standard InChI is InChI=1S/C54H35NO/c1-2-14-40-34-43(24-23-36(40)11-1)42-17-9-16-41(33-42)37-25-29-45(30-26-37)55(52-22-10-15-38-12-3-5-18-46(38)52)51-21-8-7-19-47(51)44-28-32-53-50(35-44)49-31-27-39-13-4-6-20-48(39)54(49)56-53/h1-35H. The lowest BCUT2D eigenvalue weighted by atomic mass is 9.96. The average Bonchev–Trinajstić information content (AvgIpc) is 3.65. The monoisotopic (exact) mass is 713 g/mol. The Labute approximate surface area is 325 Å². The molecule has 11 aromatic rings. The molecule has 0 saturated carbocycles. The van der Waals surface area contributed by atoms with Crippen molar-refractivity contribution < 1.29 is 4.42 Å². The van der Waals surface area contributed by atoms with Gasteiger partial charge in [0, 0.05) is 32.8 Å². The average molecular weight is 714 g/mol. The van der Waals surface area contributed by atoms with E-state index in [9.17, 15) is 0 Å². The maximum atomic E-state index is 6.51. The number of para-hydroxylation sites is 1. The Balaban J connectivity index is 1.04. The summed E-state index contributed by atoms with van der Waals surface area (Å²) >= 11 is 0. The topological polar surface area (TPSA) is 16.4 Å². The second-order valence-corrected chi connectivity index (χ2v) is 14.5. The van der Waals surface area contributed by atoms with E-state index in [1.807, 2.05) is 0 Å². The van der Waals surface area contributed by atoms with Gasteiger partial charge in [-0.2, -0.15) is 0 Å². The van der Waals surface area contributed by atoms with Crippen LogP contribution in [0.2, 0.25) is 0 Å². The van der Waals surface area contributed by atoms with Crippen molar-refractivity contribution in [3.63, 3.8) is 0 Å². The molecule has 2 nitrogen and oxygen atoms in total. The van der Waals surface area contributed by atoms with Crippen molar-refractivity contribution >= 4 is 71.3 Å². The van der Waals surface area contributed by atoms with Gasteiger partial charge in [-0.1, -0.05) is 158 Å². The van der Waals surface area contributed by atoms with Crippen molar-refractivity contribution in [3.05, 3.63) is 212 Å². The zero-order valence-corrected chi connectivity index (χ0v) is 30.6. The van der Waals surface area contributed by atoms with Crippen molar-refractivity contribution in [1.29, 1.82) is 0 Å². The molecule has 0 bridgehead atoms. The van der Waals surface area contributed by atoms with Crippen molar-refractivity contribution in [2.45, 2.75) is 0 Å². The number of nitrogens with zero attached hydrogens (tertiary/aromatic N) is 1. The molecule has 0 radical (unpaired) electrons. The second kappa shape index (κ2) is 13.2. The molecule has 56 heavy (non-hydrogen) atoms. The molecule has 0 fully saturated rings. The molecule has 0 amide bonds. The molecule has 0 N–H and O–H groups in total. The van der Waals surface area contributed by atoms with E-state index in [0.29, 0.717) is 0 Å². The fourth-order valence-corrected chi connectivity index (χ4v) is 8.45. The van der Waals surface area contributed by atoms with E-state index < -0.39 is 0 Å². The maximum absolute atomic E-state index is 6.51. The Morgan fingerprint density at radius 3 is 1.75 bits per heavy atom. The minimum atomic E-state index is 0.892. The van der Waals surface area contributed by atoms with Gasteiger partial charge in [0.25, 0.3) is 0 Å². The first-order valence-corrected chi connectivity index (χ1v) is 19.2. The summed E-state index contributed by atoms with van der Waals surface area (Å²) in [6.45, 7) is 0. The van der Waals surface area contributed by atoms with E-state index in [4.69, 9.17) is 4.42 Å². The Bertz CT molecular complexity index is 3260. The Kier molecular flexibility index (Phi) is 7.53. The van der Waals surface area contributed by atoms with Gasteiger partial charge in [-0.25, -0.2) is 0 Å². The Hall–Kier alpha value is -7.42. The predicted molar refractivity (Wildman–Crippen MR) is 237 cm³/mol. The number of furan rings is 1. The van der Waals surface area contributed by atoms with Gasteiger partial charge in [0.15, 0.2) is 0 Å². The zero-order chi connectivity index (χ0) is 37.0. The number of anilines is 3. The molecule has 0 spiro atoms. The maximum Gasteiger partial charge on any atom is 0.143 e. The molecule has 0 unspecified atom stereocenters. The Morgan fingerprint density at radius 1 is 0.304 bits per heavy atom. The van der Waals surface area contributed by atoms with Crippen LogP contribution in [-0.2, 0) is 0 Å². The first-order valence-electron chi connectivity index (χ1n) is 19.2. The first kappa shape index (κ1) is 32.0. The van der Waals surface area contributed by atoms with Crippen LogP contribution in [0.25, 0.3) is 87.6 Å². The molecule has 0 aliphatic carbocycles. The van der Waals surface area contributed by atoms with Gasteiger partial charge in [0.1, 0.15) is 11.2 Å². The lowest BCUT2D eigenvalue weighted by molar-refractivity contribution is 0.672. The summed E-state index contributed by atoms with van der Waals surface area (Å²) in [6.07, 6.45) is 0. The third-order valence-electron chi connectivity index (χ3n) is 11.2. The fourth-order valence-electron chi connectivity index (χ4n) is 8.45. The van der Waals surface area contributed by atoms with Crippen molar-refractivity contribution in [2.75, 3.05) is 4.90 Å². The zero-order valence-electron chi connectivity index (χ0n) is 30.6. The predicted octanol–water partition coefficient (Wildman–Crippen LogP) is 15.5.